The molecule has 3 N–H and O–H groups in total. The minimum Gasteiger partial charge on any atom is -0.369 e. The zero-order valence-electron chi connectivity index (χ0n) is 16.3. The lowest BCUT2D eigenvalue weighted by Crippen LogP contribution is -2.39. The fraction of sp³-hybridized carbons (Fsp3) is 0.350. The number of primary amides is 1. The number of nitrogens with two attached hydrogens (primary N) is 1. The maximum atomic E-state index is 11.4. The highest BCUT2D eigenvalue weighted by atomic mass is 16.1. The van der Waals surface area contributed by atoms with Crippen molar-refractivity contribution in [3.63, 3.8) is 0 Å². The van der Waals surface area contributed by atoms with Crippen LogP contribution in [0.1, 0.15) is 24.0 Å². The minimum absolute atomic E-state index is 0.0457. The van der Waals surface area contributed by atoms with Crippen molar-refractivity contribution in [2.75, 3.05) is 23.3 Å². The highest BCUT2D eigenvalue weighted by Gasteiger charge is 2.25. The smallest absolute Gasteiger partial charge is 0.248 e. The van der Waals surface area contributed by atoms with Crippen LogP contribution in [0.4, 0.5) is 11.8 Å². The van der Waals surface area contributed by atoms with Crippen LogP contribution in [0.3, 0.4) is 0 Å². The zero-order chi connectivity index (χ0) is 20.2. The Bertz CT molecular complexity index is 976. The number of piperidine rings is 1. The summed E-state index contributed by atoms with van der Waals surface area (Å²) < 4.78 is 1.67. The fourth-order valence-electron chi connectivity index (χ4n) is 3.56. The van der Waals surface area contributed by atoms with Crippen LogP contribution < -0.4 is 16.0 Å². The third kappa shape index (κ3) is 4.18. The van der Waals surface area contributed by atoms with Gasteiger partial charge >= 0.3 is 0 Å². The standard InChI is InChI=1S/C20H24N8O/c1-14-4-6-17(7-5-14)28-20(24-25-26-28)23-13-16-3-2-10-22-19(16)27-11-8-15(9-12-27)18(21)29/h2-7,10,15H,8-9,11-13H2,1H3,(H2,21,29)(H,23,24,26). The SMILES string of the molecule is Cc1ccc(-n2nnnc2NCc2cccnc2N2CCC(C(N)=O)CC2)cc1. The number of aryl methyl sites for hydroxylation is 1. The van der Waals surface area contributed by atoms with Crippen LogP contribution in [0.5, 0.6) is 0 Å². The van der Waals surface area contributed by atoms with Gasteiger partial charge in [-0.25, -0.2) is 4.98 Å². The van der Waals surface area contributed by atoms with Crippen molar-refractivity contribution < 1.29 is 4.79 Å². The molecule has 9 nitrogen and oxygen atoms in total. The predicted octanol–water partition coefficient (Wildman–Crippen LogP) is 1.68. The van der Waals surface area contributed by atoms with E-state index in [1.165, 1.54) is 5.56 Å². The van der Waals surface area contributed by atoms with E-state index in [1.54, 1.807) is 10.9 Å². The van der Waals surface area contributed by atoms with Gasteiger partial charge in [-0.3, -0.25) is 4.79 Å². The van der Waals surface area contributed by atoms with Gasteiger partial charge in [0.2, 0.25) is 11.9 Å². The van der Waals surface area contributed by atoms with Gasteiger partial charge in [-0.05, 0) is 48.4 Å². The summed E-state index contributed by atoms with van der Waals surface area (Å²) in [5, 5.41) is 15.3. The quantitative estimate of drug-likeness (QED) is 0.656. The van der Waals surface area contributed by atoms with Gasteiger partial charge in [0.05, 0.1) is 5.69 Å². The Morgan fingerprint density at radius 2 is 1.97 bits per heavy atom. The van der Waals surface area contributed by atoms with Gasteiger partial charge in [-0.2, -0.15) is 4.68 Å². The maximum absolute atomic E-state index is 11.4. The molecule has 0 saturated carbocycles. The number of tetrazole rings is 1. The number of aromatic nitrogens is 5. The lowest BCUT2D eigenvalue weighted by molar-refractivity contribution is -0.122. The molecule has 1 aliphatic heterocycles. The molecule has 0 atom stereocenters. The van der Waals surface area contributed by atoms with Crippen molar-refractivity contribution in [3.05, 3.63) is 53.7 Å². The molecule has 1 amide bonds. The van der Waals surface area contributed by atoms with Gasteiger partial charge in [0.25, 0.3) is 0 Å². The number of hydrogen-bond acceptors (Lipinski definition) is 7. The maximum Gasteiger partial charge on any atom is 0.248 e. The van der Waals surface area contributed by atoms with Crippen molar-refractivity contribution in [1.29, 1.82) is 0 Å². The number of carbonyl (C=O) groups excluding carboxylic acids is 1. The average Bonchev–Trinajstić information content (AvgIpc) is 3.22. The van der Waals surface area contributed by atoms with Crippen molar-refractivity contribution in [1.82, 2.24) is 25.2 Å². The summed E-state index contributed by atoms with van der Waals surface area (Å²) in [4.78, 5) is 18.2. The van der Waals surface area contributed by atoms with Gasteiger partial charge < -0.3 is 16.0 Å². The van der Waals surface area contributed by atoms with Crippen LogP contribution in [0.25, 0.3) is 5.69 Å². The normalized spacial score (nSPS) is 14.7. The largest absolute Gasteiger partial charge is 0.369 e. The molecule has 150 valence electrons. The highest BCUT2D eigenvalue weighted by molar-refractivity contribution is 5.77. The molecule has 1 aromatic carbocycles. The number of benzene rings is 1. The summed E-state index contributed by atoms with van der Waals surface area (Å²) in [5.74, 6) is 1.22. The van der Waals surface area contributed by atoms with Crippen molar-refractivity contribution >= 4 is 17.7 Å². The molecule has 1 fully saturated rings. The van der Waals surface area contributed by atoms with E-state index < -0.39 is 0 Å². The third-order valence-corrected chi connectivity index (χ3v) is 5.25. The van der Waals surface area contributed by atoms with E-state index >= 15 is 0 Å². The number of anilines is 2. The fourth-order valence-corrected chi connectivity index (χ4v) is 3.56. The van der Waals surface area contributed by atoms with Crippen LogP contribution in [0.15, 0.2) is 42.6 Å². The van der Waals surface area contributed by atoms with Crippen LogP contribution in [0.2, 0.25) is 0 Å². The molecule has 0 radical (unpaired) electrons. The second-order valence-corrected chi connectivity index (χ2v) is 7.25. The first-order chi connectivity index (χ1) is 14.1. The van der Waals surface area contributed by atoms with Gasteiger partial charge in [0.15, 0.2) is 0 Å². The average molecular weight is 392 g/mol. The molecule has 3 aromatic rings. The number of rotatable bonds is 6. The minimum atomic E-state index is -0.212. The number of nitrogens with one attached hydrogen (secondary N) is 1. The van der Waals surface area contributed by atoms with Crippen LogP contribution >= 0.6 is 0 Å². The second kappa shape index (κ2) is 8.26. The lowest BCUT2D eigenvalue weighted by atomic mass is 9.96. The molecule has 0 unspecified atom stereocenters. The van der Waals surface area contributed by atoms with E-state index in [-0.39, 0.29) is 11.8 Å². The Morgan fingerprint density at radius 1 is 1.21 bits per heavy atom. The number of hydrogen-bond donors (Lipinski definition) is 2. The van der Waals surface area contributed by atoms with E-state index in [2.05, 4.69) is 30.7 Å². The third-order valence-electron chi connectivity index (χ3n) is 5.25. The molecule has 3 heterocycles. The summed E-state index contributed by atoms with van der Waals surface area (Å²) >= 11 is 0. The number of nitrogens with zero attached hydrogens (tertiary/aromatic N) is 6. The molecule has 0 spiro atoms. The molecule has 0 aliphatic carbocycles. The molecule has 1 saturated heterocycles. The molecule has 1 aliphatic rings. The van der Waals surface area contributed by atoms with Crippen LogP contribution in [-0.4, -0.2) is 44.2 Å². The Balaban J connectivity index is 1.47. The van der Waals surface area contributed by atoms with Crippen LogP contribution in [-0.2, 0) is 11.3 Å². The van der Waals surface area contributed by atoms with Gasteiger partial charge in [0.1, 0.15) is 5.82 Å². The molecule has 29 heavy (non-hydrogen) atoms. The predicted molar refractivity (Wildman–Crippen MR) is 110 cm³/mol. The Labute approximate surface area is 168 Å². The summed E-state index contributed by atoms with van der Waals surface area (Å²) in [5.41, 5.74) is 8.56. The van der Waals surface area contributed by atoms with Gasteiger partial charge in [-0.15, -0.1) is 0 Å². The molecular formula is C20H24N8O. The van der Waals surface area contributed by atoms with E-state index in [4.69, 9.17) is 5.73 Å². The number of carbonyl (C=O) groups is 1. The zero-order valence-corrected chi connectivity index (χ0v) is 16.3. The Kier molecular flexibility index (Phi) is 5.37. The van der Waals surface area contributed by atoms with Gasteiger partial charge in [0, 0.05) is 37.3 Å². The molecular weight excluding hydrogens is 368 g/mol. The van der Waals surface area contributed by atoms with E-state index in [0.29, 0.717) is 12.5 Å². The summed E-state index contributed by atoms with van der Waals surface area (Å²) in [6, 6.07) is 12.0. The first kappa shape index (κ1) is 18.9. The second-order valence-electron chi connectivity index (χ2n) is 7.25. The topological polar surface area (TPSA) is 115 Å². The first-order valence-electron chi connectivity index (χ1n) is 9.69. The summed E-state index contributed by atoms with van der Waals surface area (Å²) in [6.07, 6.45) is 3.30. The van der Waals surface area contributed by atoms with Crippen molar-refractivity contribution in [2.45, 2.75) is 26.3 Å². The highest BCUT2D eigenvalue weighted by Crippen LogP contribution is 2.25. The summed E-state index contributed by atoms with van der Waals surface area (Å²) in [6.45, 7) is 4.10. The van der Waals surface area contributed by atoms with Crippen molar-refractivity contribution in [3.8, 4) is 5.69 Å². The van der Waals surface area contributed by atoms with E-state index in [1.807, 2.05) is 43.3 Å². The van der Waals surface area contributed by atoms with E-state index in [9.17, 15) is 4.79 Å². The molecule has 0 bridgehead atoms. The van der Waals surface area contributed by atoms with Gasteiger partial charge in [-0.1, -0.05) is 28.9 Å². The first-order valence-corrected chi connectivity index (χ1v) is 9.69. The summed E-state index contributed by atoms with van der Waals surface area (Å²) in [7, 11) is 0. The van der Waals surface area contributed by atoms with Crippen molar-refractivity contribution in [2.24, 2.45) is 11.7 Å². The molecule has 9 heteroatoms. The Hall–Kier alpha value is -3.49. The lowest BCUT2D eigenvalue weighted by Gasteiger charge is -2.32. The number of amides is 1. The van der Waals surface area contributed by atoms with E-state index in [0.717, 1.165) is 43.0 Å². The Morgan fingerprint density at radius 3 is 2.69 bits per heavy atom. The monoisotopic (exact) mass is 392 g/mol. The molecule has 2 aromatic heterocycles. The molecule has 4 rings (SSSR count). The number of pyridine rings is 1. The van der Waals surface area contributed by atoms with Crippen LogP contribution in [0, 0.1) is 12.8 Å².